The molecular weight excluding hydrogens is 360 g/mol. The zero-order valence-electron chi connectivity index (χ0n) is 12.1. The Labute approximate surface area is 140 Å². The Morgan fingerprint density at radius 3 is 2.65 bits per heavy atom. The third-order valence-electron chi connectivity index (χ3n) is 3.29. The molecule has 2 aromatic carbocycles. The summed E-state index contributed by atoms with van der Waals surface area (Å²) in [5.41, 5.74) is 1.20. The molecule has 6 heteroatoms. The van der Waals surface area contributed by atoms with Crippen molar-refractivity contribution in [3.63, 3.8) is 0 Å². The topological polar surface area (TPSA) is 72.0 Å². The molecule has 0 aliphatic carbocycles. The van der Waals surface area contributed by atoms with Gasteiger partial charge >= 0.3 is 5.97 Å². The number of nitrogens with zero attached hydrogens (tertiary/aromatic N) is 1. The number of carbonyl (C=O) groups excluding carboxylic acids is 1. The first-order valence-corrected chi connectivity index (χ1v) is 7.79. The predicted octanol–water partition coefficient (Wildman–Crippen LogP) is 2.97. The molecule has 116 valence electrons. The van der Waals surface area contributed by atoms with Crippen molar-refractivity contribution in [3.8, 4) is 0 Å². The van der Waals surface area contributed by atoms with Crippen LogP contribution in [0.4, 0.5) is 0 Å². The Hall–Kier alpha value is -2.47. The molecule has 5 nitrogen and oxygen atoms in total. The van der Waals surface area contributed by atoms with E-state index in [2.05, 4.69) is 25.9 Å². The molecule has 0 bridgehead atoms. The van der Waals surface area contributed by atoms with E-state index < -0.39 is 0 Å². The quantitative estimate of drug-likeness (QED) is 0.714. The maximum atomic E-state index is 11.9. The van der Waals surface area contributed by atoms with E-state index >= 15 is 0 Å². The number of hydrogen-bond acceptors (Lipinski definition) is 4. The minimum Gasteiger partial charge on any atom is -0.457 e. The van der Waals surface area contributed by atoms with Gasteiger partial charge in [-0.15, -0.1) is 0 Å². The molecule has 1 heterocycles. The van der Waals surface area contributed by atoms with Crippen molar-refractivity contribution in [2.45, 2.75) is 13.0 Å². The van der Waals surface area contributed by atoms with E-state index in [9.17, 15) is 9.59 Å². The molecule has 0 aliphatic heterocycles. The van der Waals surface area contributed by atoms with Crippen LogP contribution in [-0.2, 0) is 22.6 Å². The van der Waals surface area contributed by atoms with Crippen LogP contribution in [0, 0.1) is 0 Å². The van der Waals surface area contributed by atoms with E-state index in [0.29, 0.717) is 16.7 Å². The highest BCUT2D eigenvalue weighted by atomic mass is 79.9. The van der Waals surface area contributed by atoms with Crippen LogP contribution >= 0.6 is 15.9 Å². The van der Waals surface area contributed by atoms with E-state index in [-0.39, 0.29) is 24.6 Å². The van der Waals surface area contributed by atoms with Gasteiger partial charge in [-0.2, -0.15) is 0 Å². The van der Waals surface area contributed by atoms with Gasteiger partial charge in [-0.3, -0.25) is 9.59 Å². The van der Waals surface area contributed by atoms with Gasteiger partial charge in [0, 0.05) is 4.47 Å². The van der Waals surface area contributed by atoms with Gasteiger partial charge in [0.05, 0.1) is 17.3 Å². The summed E-state index contributed by atoms with van der Waals surface area (Å²) in [5.74, 6) is -0.0408. The van der Waals surface area contributed by atoms with Gasteiger partial charge in [0.25, 0.3) is 5.56 Å². The SMILES string of the molecule is O=C(Cc1ccc(Br)cc1)OCc1nc2ccccc2c(=O)[nH]1. The largest absolute Gasteiger partial charge is 0.457 e. The molecule has 3 aromatic rings. The molecule has 0 unspecified atom stereocenters. The number of carbonyl (C=O) groups is 1. The fraction of sp³-hybridized carbons (Fsp3) is 0.118. The van der Waals surface area contributed by atoms with Gasteiger partial charge in [-0.05, 0) is 29.8 Å². The van der Waals surface area contributed by atoms with Crippen LogP contribution in [0.25, 0.3) is 10.9 Å². The monoisotopic (exact) mass is 372 g/mol. The first-order valence-electron chi connectivity index (χ1n) is 7.00. The number of hydrogen-bond donors (Lipinski definition) is 1. The number of H-pyrrole nitrogens is 1. The summed E-state index contributed by atoms with van der Waals surface area (Å²) in [7, 11) is 0. The third kappa shape index (κ3) is 3.84. The van der Waals surface area contributed by atoms with Crippen LogP contribution in [-0.4, -0.2) is 15.9 Å². The second-order valence-corrected chi connectivity index (χ2v) is 5.91. The van der Waals surface area contributed by atoms with Gasteiger partial charge < -0.3 is 9.72 Å². The predicted molar refractivity (Wildman–Crippen MR) is 90.0 cm³/mol. The molecule has 0 saturated heterocycles. The summed E-state index contributed by atoms with van der Waals surface area (Å²) < 4.78 is 6.13. The van der Waals surface area contributed by atoms with E-state index in [4.69, 9.17) is 4.74 Å². The highest BCUT2D eigenvalue weighted by molar-refractivity contribution is 9.10. The Bertz CT molecular complexity index is 904. The number of nitrogens with one attached hydrogen (secondary N) is 1. The molecule has 23 heavy (non-hydrogen) atoms. The lowest BCUT2D eigenvalue weighted by atomic mass is 10.2. The summed E-state index contributed by atoms with van der Waals surface area (Å²) in [4.78, 5) is 30.7. The lowest BCUT2D eigenvalue weighted by Crippen LogP contribution is -2.15. The average molecular weight is 373 g/mol. The second kappa shape index (κ2) is 6.75. The summed E-state index contributed by atoms with van der Waals surface area (Å²) in [5, 5.41) is 0.512. The van der Waals surface area contributed by atoms with Crippen molar-refractivity contribution in [1.82, 2.24) is 9.97 Å². The fourth-order valence-corrected chi connectivity index (χ4v) is 2.44. The maximum Gasteiger partial charge on any atom is 0.310 e. The van der Waals surface area contributed by atoms with E-state index in [1.807, 2.05) is 24.3 Å². The Balaban J connectivity index is 1.67. The number of aromatic nitrogens is 2. The zero-order chi connectivity index (χ0) is 16.2. The highest BCUT2D eigenvalue weighted by Crippen LogP contribution is 2.11. The molecule has 0 aliphatic rings. The molecule has 0 fully saturated rings. The van der Waals surface area contributed by atoms with Crippen molar-refractivity contribution in [2.24, 2.45) is 0 Å². The molecule has 1 N–H and O–H groups in total. The minimum absolute atomic E-state index is 0.0601. The fourth-order valence-electron chi connectivity index (χ4n) is 2.17. The molecule has 0 atom stereocenters. The van der Waals surface area contributed by atoms with Crippen LogP contribution in [0.1, 0.15) is 11.4 Å². The summed E-state index contributed by atoms with van der Waals surface area (Å²) >= 11 is 3.34. The minimum atomic E-state index is -0.372. The number of fused-ring (bicyclic) bond motifs is 1. The first-order chi connectivity index (χ1) is 11.1. The number of ether oxygens (including phenoxy) is 1. The molecule has 0 amide bonds. The van der Waals surface area contributed by atoms with Gasteiger partial charge in [0.2, 0.25) is 0 Å². The number of rotatable bonds is 4. The van der Waals surface area contributed by atoms with Crippen LogP contribution in [0.15, 0.2) is 57.8 Å². The number of aromatic amines is 1. The van der Waals surface area contributed by atoms with Crippen molar-refractivity contribution in [3.05, 3.63) is 74.7 Å². The average Bonchev–Trinajstić information content (AvgIpc) is 2.55. The van der Waals surface area contributed by atoms with Crippen LogP contribution in [0.5, 0.6) is 0 Å². The van der Waals surface area contributed by atoms with Crippen molar-refractivity contribution in [1.29, 1.82) is 0 Å². The summed E-state index contributed by atoms with van der Waals surface area (Å²) in [6, 6.07) is 14.5. The molecule has 0 saturated carbocycles. The summed E-state index contributed by atoms with van der Waals surface area (Å²) in [6.45, 7) is -0.0601. The Kier molecular flexibility index (Phi) is 4.52. The van der Waals surface area contributed by atoms with Crippen molar-refractivity contribution in [2.75, 3.05) is 0 Å². The Morgan fingerprint density at radius 1 is 1.13 bits per heavy atom. The van der Waals surface area contributed by atoms with E-state index in [1.54, 1.807) is 24.3 Å². The maximum absolute atomic E-state index is 11.9. The smallest absolute Gasteiger partial charge is 0.310 e. The van der Waals surface area contributed by atoms with Crippen molar-refractivity contribution < 1.29 is 9.53 Å². The Morgan fingerprint density at radius 2 is 1.87 bits per heavy atom. The van der Waals surface area contributed by atoms with Crippen LogP contribution in [0.3, 0.4) is 0 Å². The van der Waals surface area contributed by atoms with Gasteiger partial charge in [-0.25, -0.2) is 4.98 Å². The standard InChI is InChI=1S/C17H13BrN2O3/c18-12-7-5-11(6-8-12)9-16(21)23-10-15-19-14-4-2-1-3-13(14)17(22)20-15/h1-8H,9-10H2,(H,19,20,22). The molecule has 3 rings (SSSR count). The third-order valence-corrected chi connectivity index (χ3v) is 3.82. The number of halogens is 1. The van der Waals surface area contributed by atoms with Crippen molar-refractivity contribution >= 4 is 32.8 Å². The molecule has 1 aromatic heterocycles. The van der Waals surface area contributed by atoms with E-state index in [0.717, 1.165) is 10.0 Å². The number of para-hydroxylation sites is 1. The molecule has 0 radical (unpaired) electrons. The zero-order valence-corrected chi connectivity index (χ0v) is 13.7. The van der Waals surface area contributed by atoms with Gasteiger partial charge in [-0.1, -0.05) is 40.2 Å². The molecule has 0 spiro atoms. The highest BCUT2D eigenvalue weighted by Gasteiger charge is 2.08. The first kappa shape index (κ1) is 15.4. The lowest BCUT2D eigenvalue weighted by molar-refractivity contribution is -0.144. The normalized spacial score (nSPS) is 10.7. The van der Waals surface area contributed by atoms with E-state index in [1.165, 1.54) is 0 Å². The number of esters is 1. The van der Waals surface area contributed by atoms with Gasteiger partial charge in [0.15, 0.2) is 0 Å². The van der Waals surface area contributed by atoms with Gasteiger partial charge in [0.1, 0.15) is 12.4 Å². The lowest BCUT2D eigenvalue weighted by Gasteiger charge is -2.06. The molecular formula is C17H13BrN2O3. The van der Waals surface area contributed by atoms with Crippen LogP contribution in [0.2, 0.25) is 0 Å². The van der Waals surface area contributed by atoms with Crippen LogP contribution < -0.4 is 5.56 Å². The summed E-state index contributed by atoms with van der Waals surface area (Å²) in [6.07, 6.45) is 0.172. The number of benzene rings is 2. The second-order valence-electron chi connectivity index (χ2n) is 4.99.